The molecule has 2 aromatic carbocycles. The third-order valence-electron chi connectivity index (χ3n) is 10.7. The first kappa shape index (κ1) is 42.1. The summed E-state index contributed by atoms with van der Waals surface area (Å²) < 4.78 is 1.86. The summed E-state index contributed by atoms with van der Waals surface area (Å²) in [6.07, 6.45) is 15.8. The van der Waals surface area contributed by atoms with Gasteiger partial charge in [-0.05, 0) is 94.2 Å². The van der Waals surface area contributed by atoms with Crippen LogP contribution in [0.1, 0.15) is 64.0 Å². The molecule has 0 spiro atoms. The number of amides is 4. The molecule has 6 heterocycles. The number of urea groups is 2. The molecule has 63 heavy (non-hydrogen) atoms. The highest BCUT2D eigenvalue weighted by Crippen LogP contribution is 2.26. The van der Waals surface area contributed by atoms with E-state index in [-0.39, 0.29) is 17.7 Å². The lowest BCUT2D eigenvalue weighted by Crippen LogP contribution is -2.59. The van der Waals surface area contributed by atoms with Crippen molar-refractivity contribution < 1.29 is 9.59 Å². The molecule has 16 heteroatoms. The van der Waals surface area contributed by atoms with E-state index < -0.39 is 18.1 Å². The minimum Gasteiger partial charge on any atom is -0.334 e. The van der Waals surface area contributed by atoms with E-state index >= 15 is 0 Å². The van der Waals surface area contributed by atoms with E-state index in [4.69, 9.17) is 19.9 Å². The Bertz CT molecular complexity index is 2760. The summed E-state index contributed by atoms with van der Waals surface area (Å²) in [4.78, 5) is 58.1. The van der Waals surface area contributed by atoms with E-state index in [1.807, 2.05) is 61.1 Å². The van der Waals surface area contributed by atoms with Gasteiger partial charge in [0.15, 0.2) is 17.1 Å². The zero-order valence-corrected chi connectivity index (χ0v) is 35.6. The molecule has 0 unspecified atom stereocenters. The van der Waals surface area contributed by atoms with Gasteiger partial charge in [-0.25, -0.2) is 34.5 Å². The van der Waals surface area contributed by atoms with Crippen LogP contribution in [0.15, 0.2) is 122 Å². The van der Waals surface area contributed by atoms with Gasteiger partial charge >= 0.3 is 12.1 Å². The van der Waals surface area contributed by atoms with Crippen molar-refractivity contribution >= 4 is 46.0 Å². The van der Waals surface area contributed by atoms with E-state index in [1.165, 1.54) is 21.1 Å². The maximum Gasteiger partial charge on any atom is 0.342 e. The second-order valence-corrected chi connectivity index (χ2v) is 15.6. The number of aromatic nitrogens is 10. The number of benzene rings is 2. The monoisotopic (exact) mass is 842 g/mol. The molecule has 320 valence electrons. The van der Waals surface area contributed by atoms with Gasteiger partial charge in [-0.1, -0.05) is 67.6 Å². The summed E-state index contributed by atoms with van der Waals surface area (Å²) >= 11 is 0. The van der Waals surface area contributed by atoms with Gasteiger partial charge in [-0.15, -0.1) is 0 Å². The normalized spacial score (nSPS) is 12.2. The topological polar surface area (TPSA) is 189 Å². The lowest BCUT2D eigenvalue weighted by Gasteiger charge is -2.38. The predicted octanol–water partition coefficient (Wildman–Crippen LogP) is 8.81. The Morgan fingerprint density at radius 3 is 2.03 bits per heavy atom. The first-order chi connectivity index (χ1) is 30.8. The van der Waals surface area contributed by atoms with Crippen LogP contribution < -0.4 is 15.6 Å². The number of hydrazine groups is 1. The zero-order chi connectivity index (χ0) is 43.5. The van der Waals surface area contributed by atoms with Crippen molar-refractivity contribution in [1.82, 2.24) is 60.2 Å². The van der Waals surface area contributed by atoms with Gasteiger partial charge in [-0.3, -0.25) is 25.1 Å². The summed E-state index contributed by atoms with van der Waals surface area (Å²) in [5.74, 6) is 0.421. The van der Waals surface area contributed by atoms with Crippen LogP contribution in [-0.4, -0.2) is 79.0 Å². The minimum atomic E-state index is -0.592. The Balaban J connectivity index is 1.13. The number of H-pyrrole nitrogens is 1. The Labute approximate surface area is 365 Å². The van der Waals surface area contributed by atoms with Crippen LogP contribution in [0.5, 0.6) is 0 Å². The van der Waals surface area contributed by atoms with E-state index in [0.717, 1.165) is 49.8 Å². The molecule has 0 saturated heterocycles. The van der Waals surface area contributed by atoms with Gasteiger partial charge in [0.2, 0.25) is 0 Å². The lowest BCUT2D eigenvalue weighted by atomic mass is 10.1. The molecule has 0 aliphatic heterocycles. The molecule has 8 aromatic rings. The predicted molar refractivity (Wildman–Crippen MR) is 243 cm³/mol. The number of rotatable bonds is 16. The minimum absolute atomic E-state index is 0.186. The van der Waals surface area contributed by atoms with Crippen LogP contribution in [-0.2, 0) is 19.4 Å². The number of pyridine rings is 2. The molecule has 0 fully saturated rings. The average molecular weight is 843 g/mol. The Morgan fingerprint density at radius 2 is 1.37 bits per heavy atom. The van der Waals surface area contributed by atoms with Crippen molar-refractivity contribution in [3.05, 3.63) is 133 Å². The molecule has 2 atom stereocenters. The van der Waals surface area contributed by atoms with Gasteiger partial charge in [-0.2, -0.15) is 15.2 Å². The van der Waals surface area contributed by atoms with Crippen LogP contribution in [0.25, 0.3) is 44.8 Å². The number of fused-ring (bicyclic) bond motifs is 2. The zero-order valence-electron chi connectivity index (χ0n) is 35.6. The van der Waals surface area contributed by atoms with Crippen LogP contribution in [0.3, 0.4) is 0 Å². The molecule has 16 nitrogen and oxygen atoms in total. The fraction of sp³-hybridized carbons (Fsp3) is 0.277. The van der Waals surface area contributed by atoms with Gasteiger partial charge in [0.1, 0.15) is 16.9 Å². The number of aromatic amines is 1. The Kier molecular flexibility index (Phi) is 13.3. The molecular weight excluding hydrogens is 793 g/mol. The van der Waals surface area contributed by atoms with Crippen LogP contribution in [0, 0.1) is 0 Å². The molecule has 0 aliphatic rings. The molecule has 8 rings (SSSR count). The smallest absolute Gasteiger partial charge is 0.334 e. The summed E-state index contributed by atoms with van der Waals surface area (Å²) in [7, 11) is 0. The van der Waals surface area contributed by atoms with E-state index in [1.54, 1.807) is 55.2 Å². The highest BCUT2D eigenvalue weighted by atomic mass is 16.2. The highest BCUT2D eigenvalue weighted by Gasteiger charge is 2.34. The van der Waals surface area contributed by atoms with Gasteiger partial charge in [0, 0.05) is 36.1 Å². The number of nitrogens with one attached hydrogen (secondary N) is 3. The van der Waals surface area contributed by atoms with Crippen LogP contribution in [0.4, 0.5) is 21.2 Å². The van der Waals surface area contributed by atoms with Gasteiger partial charge in [0.05, 0.1) is 42.2 Å². The SMILES string of the molecule is CCCn1cc(-c2cnc3ccc(NC(=O)N([C@H](C)CCCc4ccccc4)N(C(=O)N[C@H](C)CCCc4ccccc4)c4ccc5ncc(-c6cn[nH]c6)nc5n4)nc3n2)cn1. The summed E-state index contributed by atoms with van der Waals surface area (Å²) in [6.45, 7) is 6.77. The summed E-state index contributed by atoms with van der Waals surface area (Å²) in [6, 6.07) is 25.5. The van der Waals surface area contributed by atoms with Gasteiger partial charge in [0.25, 0.3) is 0 Å². The van der Waals surface area contributed by atoms with Crippen LogP contribution in [0.2, 0.25) is 0 Å². The van der Waals surface area contributed by atoms with E-state index in [2.05, 4.69) is 67.1 Å². The number of hydrogen-bond acceptors (Lipinski definition) is 10. The fourth-order valence-corrected chi connectivity index (χ4v) is 7.43. The quantitative estimate of drug-likeness (QED) is 0.0793. The van der Waals surface area contributed by atoms with E-state index in [9.17, 15) is 9.59 Å². The molecule has 3 N–H and O–H groups in total. The van der Waals surface area contributed by atoms with Crippen molar-refractivity contribution in [3.63, 3.8) is 0 Å². The van der Waals surface area contributed by atoms with E-state index in [0.29, 0.717) is 46.6 Å². The lowest BCUT2D eigenvalue weighted by molar-refractivity contribution is 0.173. The largest absolute Gasteiger partial charge is 0.342 e. The molecule has 6 aromatic heterocycles. The first-order valence-electron chi connectivity index (χ1n) is 21.4. The fourth-order valence-electron chi connectivity index (χ4n) is 7.43. The van der Waals surface area contributed by atoms with Crippen molar-refractivity contribution in [2.75, 3.05) is 10.3 Å². The third kappa shape index (κ3) is 10.5. The summed E-state index contributed by atoms with van der Waals surface area (Å²) in [5.41, 5.74) is 6.83. The summed E-state index contributed by atoms with van der Waals surface area (Å²) in [5, 5.41) is 20.2. The molecule has 0 bridgehead atoms. The molecule has 0 saturated carbocycles. The highest BCUT2D eigenvalue weighted by molar-refractivity contribution is 5.99. The second-order valence-electron chi connectivity index (χ2n) is 15.6. The molecular formula is C47H50N14O2. The number of anilines is 2. The van der Waals surface area contributed by atoms with Crippen molar-refractivity contribution in [3.8, 4) is 22.5 Å². The standard InChI is InChI=1S/C47H50N14O2/c1-4-25-59-31-37(28-52-59)41-30-49-38-21-23-42(56-44(38)55-41)57-47(63)60(33(3)14-12-20-35-17-9-6-10-18-35)61(46(62)53-32(2)13-11-19-34-15-7-5-8-16-34)43-24-22-39-45(58-43)54-40(29-48-39)36-26-50-51-27-36/h5-10,15-18,21-24,26-33H,4,11-14,19-20,25H2,1-3H3,(H,50,51)(H,53,62)(H,55,56,57,63)/t32-,33-/m1/s1. The van der Waals surface area contributed by atoms with Gasteiger partial charge < -0.3 is 5.32 Å². The number of carbonyl (C=O) groups is 2. The number of carbonyl (C=O) groups excluding carboxylic acids is 2. The number of aryl methyl sites for hydroxylation is 3. The maximum atomic E-state index is 14.9. The third-order valence-corrected chi connectivity index (χ3v) is 10.7. The second kappa shape index (κ2) is 19.8. The maximum absolute atomic E-state index is 14.9. The molecule has 4 amide bonds. The molecule has 0 aliphatic carbocycles. The van der Waals surface area contributed by atoms with Crippen molar-refractivity contribution in [1.29, 1.82) is 0 Å². The number of hydrogen-bond donors (Lipinski definition) is 3. The van der Waals surface area contributed by atoms with Crippen molar-refractivity contribution in [2.45, 2.75) is 84.3 Å². The first-order valence-corrected chi connectivity index (χ1v) is 21.4. The molecule has 0 radical (unpaired) electrons. The Hall–Kier alpha value is -7.62. The van der Waals surface area contributed by atoms with Crippen molar-refractivity contribution in [2.24, 2.45) is 0 Å². The average Bonchev–Trinajstić information content (AvgIpc) is 4.02. The Morgan fingerprint density at radius 1 is 0.714 bits per heavy atom. The number of nitrogens with zero attached hydrogens (tertiary/aromatic N) is 11. The van der Waals surface area contributed by atoms with Crippen LogP contribution >= 0.6 is 0 Å².